The van der Waals surface area contributed by atoms with E-state index in [1.165, 1.54) is 0 Å². The number of hydrogen-bond acceptors (Lipinski definition) is 5. The molecule has 2 rings (SSSR count). The van der Waals surface area contributed by atoms with Gasteiger partial charge >= 0.3 is 6.18 Å². The lowest BCUT2D eigenvalue weighted by Crippen LogP contribution is -2.14. The number of carbonyl (C=O) groups is 1. The van der Waals surface area contributed by atoms with E-state index < -0.39 is 49.5 Å². The molecule has 0 aliphatic heterocycles. The Morgan fingerprint density at radius 2 is 1.58 bits per heavy atom. The van der Waals surface area contributed by atoms with E-state index in [1.807, 2.05) is 0 Å². The molecule has 12 heteroatoms. The molecule has 0 fully saturated rings. The number of benzene rings is 2. The normalized spacial score (nSPS) is 11.1. The van der Waals surface area contributed by atoms with Crippen molar-refractivity contribution in [1.29, 1.82) is 0 Å². The van der Waals surface area contributed by atoms with Crippen LogP contribution in [-0.4, -0.2) is 15.8 Å². The molecule has 0 saturated carbocycles. The largest absolute Gasteiger partial charge is 0.416 e. The predicted octanol–water partition coefficient (Wildman–Crippen LogP) is 4.43. The fourth-order valence-corrected chi connectivity index (χ4v) is 2.21. The Balaban J connectivity index is 2.42. The minimum atomic E-state index is -4.64. The van der Waals surface area contributed by atoms with Crippen molar-refractivity contribution < 1.29 is 27.8 Å². The highest BCUT2D eigenvalue weighted by atomic mass is 35.5. The monoisotopic (exact) mass is 389 g/mol. The first kappa shape index (κ1) is 19.1. The maximum absolute atomic E-state index is 12.7. The molecule has 0 radical (unpaired) electrons. The van der Waals surface area contributed by atoms with Gasteiger partial charge in [0.1, 0.15) is 0 Å². The molecule has 0 atom stereocenters. The van der Waals surface area contributed by atoms with E-state index in [0.717, 1.165) is 18.2 Å². The van der Waals surface area contributed by atoms with Crippen LogP contribution in [-0.2, 0) is 6.18 Å². The topological polar surface area (TPSA) is 115 Å². The minimum absolute atomic E-state index is 0.245. The molecule has 0 spiro atoms. The number of nitro groups is 2. The average molecular weight is 390 g/mol. The number of nitrogens with zero attached hydrogens (tertiary/aromatic N) is 2. The first-order valence-corrected chi connectivity index (χ1v) is 6.99. The van der Waals surface area contributed by atoms with Crippen LogP contribution in [0.15, 0.2) is 36.4 Å². The van der Waals surface area contributed by atoms with E-state index in [9.17, 15) is 38.2 Å². The Hall–Kier alpha value is -3.21. The van der Waals surface area contributed by atoms with Crippen LogP contribution >= 0.6 is 11.6 Å². The van der Waals surface area contributed by atoms with E-state index in [1.54, 1.807) is 0 Å². The first-order valence-electron chi connectivity index (χ1n) is 6.61. The number of amides is 1. The van der Waals surface area contributed by atoms with Gasteiger partial charge in [0.05, 0.1) is 21.0 Å². The highest BCUT2D eigenvalue weighted by molar-refractivity contribution is 6.35. The van der Waals surface area contributed by atoms with Crippen molar-refractivity contribution >= 4 is 34.6 Å². The van der Waals surface area contributed by atoms with Crippen molar-refractivity contribution in [3.05, 3.63) is 72.8 Å². The maximum Gasteiger partial charge on any atom is 0.416 e. The Morgan fingerprint density at radius 1 is 1.04 bits per heavy atom. The van der Waals surface area contributed by atoms with Crippen LogP contribution < -0.4 is 5.32 Å². The van der Waals surface area contributed by atoms with Gasteiger partial charge in [0.2, 0.25) is 0 Å². The van der Waals surface area contributed by atoms with Gasteiger partial charge in [0, 0.05) is 17.8 Å². The average Bonchev–Trinajstić information content (AvgIpc) is 2.53. The molecule has 0 saturated heterocycles. The van der Waals surface area contributed by atoms with Gasteiger partial charge in [-0.3, -0.25) is 25.0 Å². The standard InChI is InChI=1S/C14H7ClF3N3O5/c15-12-10(20(23)24)4-7(5-11(12)21(25)26)13(22)19-9-3-1-2-8(6-9)14(16,17)18/h1-6H,(H,19,22). The lowest BCUT2D eigenvalue weighted by Gasteiger charge is -2.10. The molecule has 0 heterocycles. The summed E-state index contributed by atoms with van der Waals surface area (Å²) in [4.78, 5) is 32.0. The predicted molar refractivity (Wildman–Crippen MR) is 84.2 cm³/mol. The van der Waals surface area contributed by atoms with Gasteiger partial charge in [-0.1, -0.05) is 17.7 Å². The maximum atomic E-state index is 12.7. The quantitative estimate of drug-likeness (QED) is 0.613. The Bertz CT molecular complexity index is 882. The summed E-state index contributed by atoms with van der Waals surface area (Å²) >= 11 is 5.57. The fourth-order valence-electron chi connectivity index (χ4n) is 1.97. The molecule has 1 N–H and O–H groups in total. The number of nitro benzene ring substituents is 2. The number of anilines is 1. The molecule has 2 aromatic carbocycles. The smallest absolute Gasteiger partial charge is 0.322 e. The lowest BCUT2D eigenvalue weighted by molar-refractivity contribution is -0.393. The molecule has 8 nitrogen and oxygen atoms in total. The van der Waals surface area contributed by atoms with Gasteiger partial charge in [-0.25, -0.2) is 0 Å². The summed E-state index contributed by atoms with van der Waals surface area (Å²) in [5.74, 6) is -1.08. The summed E-state index contributed by atoms with van der Waals surface area (Å²) in [5.41, 5.74) is -3.54. The molecule has 0 unspecified atom stereocenters. The van der Waals surface area contributed by atoms with Gasteiger partial charge in [-0.05, 0) is 18.2 Å². The van der Waals surface area contributed by atoms with Crippen molar-refractivity contribution in [2.45, 2.75) is 6.18 Å². The number of halogens is 4. The van der Waals surface area contributed by atoms with Crippen molar-refractivity contribution in [3.63, 3.8) is 0 Å². The van der Waals surface area contributed by atoms with Crippen LogP contribution in [0.3, 0.4) is 0 Å². The summed E-state index contributed by atoms with van der Waals surface area (Å²) < 4.78 is 38.0. The zero-order valence-electron chi connectivity index (χ0n) is 12.4. The van der Waals surface area contributed by atoms with Crippen LogP contribution in [0.5, 0.6) is 0 Å². The van der Waals surface area contributed by atoms with E-state index in [0.29, 0.717) is 18.2 Å². The van der Waals surface area contributed by atoms with Crippen molar-refractivity contribution in [1.82, 2.24) is 0 Å². The van der Waals surface area contributed by atoms with E-state index >= 15 is 0 Å². The molecule has 26 heavy (non-hydrogen) atoms. The van der Waals surface area contributed by atoms with Crippen LogP contribution in [0.4, 0.5) is 30.2 Å². The third-order valence-corrected chi connectivity index (χ3v) is 3.52. The summed E-state index contributed by atoms with van der Waals surface area (Å²) in [6.07, 6.45) is -4.64. The van der Waals surface area contributed by atoms with E-state index in [4.69, 9.17) is 11.6 Å². The molecule has 2 aromatic rings. The number of hydrogen-bond donors (Lipinski definition) is 1. The summed E-state index contributed by atoms with van der Waals surface area (Å²) in [6.45, 7) is 0. The first-order chi connectivity index (χ1) is 12.0. The summed E-state index contributed by atoms with van der Waals surface area (Å²) in [7, 11) is 0. The Kier molecular flexibility index (Phi) is 5.12. The second-order valence-corrected chi connectivity index (χ2v) is 5.25. The zero-order valence-corrected chi connectivity index (χ0v) is 13.2. The van der Waals surface area contributed by atoms with Crippen LogP contribution in [0.1, 0.15) is 15.9 Å². The number of nitrogens with one attached hydrogen (secondary N) is 1. The molecule has 136 valence electrons. The molecule has 0 bridgehead atoms. The second-order valence-electron chi connectivity index (χ2n) is 4.88. The van der Waals surface area contributed by atoms with Crippen LogP contribution in [0.2, 0.25) is 5.02 Å². The molecule has 1 amide bonds. The highest BCUT2D eigenvalue weighted by Gasteiger charge is 2.31. The van der Waals surface area contributed by atoms with Crippen molar-refractivity contribution in [2.24, 2.45) is 0 Å². The van der Waals surface area contributed by atoms with Gasteiger partial charge in [0.15, 0.2) is 5.02 Å². The second kappa shape index (κ2) is 6.96. The van der Waals surface area contributed by atoms with Gasteiger partial charge in [0.25, 0.3) is 17.3 Å². The minimum Gasteiger partial charge on any atom is -0.322 e. The Labute approximate surface area is 147 Å². The van der Waals surface area contributed by atoms with Gasteiger partial charge in [-0.15, -0.1) is 0 Å². The molecular weight excluding hydrogens is 383 g/mol. The lowest BCUT2D eigenvalue weighted by atomic mass is 10.1. The number of rotatable bonds is 4. The fraction of sp³-hybridized carbons (Fsp3) is 0.0714. The molecule has 0 aromatic heterocycles. The molecular formula is C14H7ClF3N3O5. The molecule has 0 aliphatic carbocycles. The SMILES string of the molecule is O=C(Nc1cccc(C(F)(F)F)c1)c1cc([N+](=O)[O-])c(Cl)c([N+](=O)[O-])c1. The van der Waals surface area contributed by atoms with Crippen molar-refractivity contribution in [2.75, 3.05) is 5.32 Å². The van der Waals surface area contributed by atoms with Crippen LogP contribution in [0.25, 0.3) is 0 Å². The van der Waals surface area contributed by atoms with Gasteiger partial charge in [-0.2, -0.15) is 13.2 Å². The third kappa shape index (κ3) is 4.06. The Morgan fingerprint density at radius 3 is 2.04 bits per heavy atom. The summed E-state index contributed by atoms with van der Waals surface area (Å²) in [6, 6.07) is 5.03. The molecule has 0 aliphatic rings. The van der Waals surface area contributed by atoms with Crippen LogP contribution in [0, 0.1) is 20.2 Å². The van der Waals surface area contributed by atoms with E-state index in [2.05, 4.69) is 5.32 Å². The number of alkyl halides is 3. The van der Waals surface area contributed by atoms with Gasteiger partial charge < -0.3 is 5.32 Å². The summed E-state index contributed by atoms with van der Waals surface area (Å²) in [5, 5.41) is 23.2. The zero-order chi connectivity index (χ0) is 19.6. The van der Waals surface area contributed by atoms with E-state index in [-0.39, 0.29) is 5.69 Å². The van der Waals surface area contributed by atoms with Crippen molar-refractivity contribution in [3.8, 4) is 0 Å². The number of carbonyl (C=O) groups excluding carboxylic acids is 1. The third-order valence-electron chi connectivity index (χ3n) is 3.14. The highest BCUT2D eigenvalue weighted by Crippen LogP contribution is 2.35.